The van der Waals surface area contributed by atoms with Gasteiger partial charge in [-0.1, -0.05) is 0 Å². The SMILES string of the molecule is CCOCCCNc1nccn1CC(C)S(C)=O. The van der Waals surface area contributed by atoms with Crippen molar-refractivity contribution >= 4 is 16.7 Å². The van der Waals surface area contributed by atoms with E-state index in [-0.39, 0.29) is 5.25 Å². The van der Waals surface area contributed by atoms with Gasteiger partial charge in [0.15, 0.2) is 0 Å². The number of nitrogens with one attached hydrogen (secondary N) is 1. The van der Waals surface area contributed by atoms with Gasteiger partial charge in [-0.15, -0.1) is 0 Å². The first kappa shape index (κ1) is 15.2. The van der Waals surface area contributed by atoms with Crippen LogP contribution in [0.25, 0.3) is 0 Å². The van der Waals surface area contributed by atoms with Gasteiger partial charge in [-0.25, -0.2) is 4.98 Å². The summed E-state index contributed by atoms with van der Waals surface area (Å²) >= 11 is 0. The van der Waals surface area contributed by atoms with Crippen molar-refractivity contribution in [2.75, 3.05) is 31.3 Å². The Hall–Kier alpha value is -0.880. The van der Waals surface area contributed by atoms with Crippen molar-refractivity contribution in [1.29, 1.82) is 0 Å². The van der Waals surface area contributed by atoms with E-state index in [1.165, 1.54) is 0 Å². The maximum Gasteiger partial charge on any atom is 0.202 e. The quantitative estimate of drug-likeness (QED) is 0.693. The molecule has 5 nitrogen and oxygen atoms in total. The zero-order chi connectivity index (χ0) is 13.4. The lowest BCUT2D eigenvalue weighted by atomic mass is 10.4. The number of nitrogens with zero attached hydrogens (tertiary/aromatic N) is 2. The third-order valence-corrected chi connectivity index (χ3v) is 3.97. The predicted octanol–water partition coefficient (Wildman–Crippen LogP) is 1.49. The number of anilines is 1. The third kappa shape index (κ3) is 5.18. The molecule has 2 unspecified atom stereocenters. The molecule has 0 aliphatic carbocycles. The zero-order valence-electron chi connectivity index (χ0n) is 11.4. The summed E-state index contributed by atoms with van der Waals surface area (Å²) in [6, 6.07) is 0. The first-order valence-electron chi connectivity index (χ1n) is 6.30. The van der Waals surface area contributed by atoms with E-state index in [2.05, 4.69) is 10.3 Å². The van der Waals surface area contributed by atoms with E-state index in [1.54, 1.807) is 12.5 Å². The van der Waals surface area contributed by atoms with Gasteiger partial charge in [0.2, 0.25) is 5.95 Å². The van der Waals surface area contributed by atoms with E-state index in [0.717, 1.165) is 38.7 Å². The first-order chi connectivity index (χ1) is 8.65. The molecule has 2 atom stereocenters. The summed E-state index contributed by atoms with van der Waals surface area (Å²) < 4.78 is 18.6. The van der Waals surface area contributed by atoms with Crippen molar-refractivity contribution in [2.24, 2.45) is 0 Å². The summed E-state index contributed by atoms with van der Waals surface area (Å²) in [7, 11) is -0.810. The maximum atomic E-state index is 11.4. The van der Waals surface area contributed by atoms with Crippen LogP contribution in [0.5, 0.6) is 0 Å². The van der Waals surface area contributed by atoms with Crippen molar-refractivity contribution < 1.29 is 8.95 Å². The van der Waals surface area contributed by atoms with Crippen molar-refractivity contribution in [3.8, 4) is 0 Å². The smallest absolute Gasteiger partial charge is 0.202 e. The van der Waals surface area contributed by atoms with Gasteiger partial charge in [0.25, 0.3) is 0 Å². The summed E-state index contributed by atoms with van der Waals surface area (Å²) in [5.41, 5.74) is 0. The van der Waals surface area contributed by atoms with Gasteiger partial charge in [-0.05, 0) is 20.3 Å². The molecule has 1 heterocycles. The Morgan fingerprint density at radius 2 is 2.39 bits per heavy atom. The van der Waals surface area contributed by atoms with E-state index in [1.807, 2.05) is 24.6 Å². The Labute approximate surface area is 111 Å². The molecule has 6 heteroatoms. The Balaban J connectivity index is 2.37. The molecule has 0 aromatic carbocycles. The lowest BCUT2D eigenvalue weighted by Crippen LogP contribution is -2.19. The van der Waals surface area contributed by atoms with Crippen molar-refractivity contribution in [3.63, 3.8) is 0 Å². The normalized spacial score (nSPS) is 14.4. The van der Waals surface area contributed by atoms with Crippen molar-refractivity contribution in [2.45, 2.75) is 32.1 Å². The van der Waals surface area contributed by atoms with Crippen molar-refractivity contribution in [1.82, 2.24) is 9.55 Å². The maximum absolute atomic E-state index is 11.4. The highest BCUT2D eigenvalue weighted by Gasteiger charge is 2.09. The van der Waals surface area contributed by atoms with E-state index in [9.17, 15) is 4.21 Å². The highest BCUT2D eigenvalue weighted by Crippen LogP contribution is 2.07. The number of hydrogen-bond acceptors (Lipinski definition) is 4. The molecule has 104 valence electrons. The second-order valence-electron chi connectivity index (χ2n) is 4.19. The molecule has 0 radical (unpaired) electrons. The fourth-order valence-corrected chi connectivity index (χ4v) is 1.89. The van der Waals surface area contributed by atoms with E-state index < -0.39 is 10.8 Å². The second kappa shape index (κ2) is 8.26. The average molecular weight is 273 g/mol. The highest BCUT2D eigenvalue weighted by atomic mass is 32.2. The second-order valence-corrected chi connectivity index (χ2v) is 5.99. The molecule has 0 spiro atoms. The van der Waals surface area contributed by atoms with Crippen LogP contribution in [0, 0.1) is 0 Å². The predicted molar refractivity (Wildman–Crippen MR) is 75.4 cm³/mol. The molecular weight excluding hydrogens is 250 g/mol. The van der Waals surface area contributed by atoms with Crippen LogP contribution in [-0.2, 0) is 22.1 Å². The van der Waals surface area contributed by atoms with Crippen LogP contribution in [0.2, 0.25) is 0 Å². The minimum Gasteiger partial charge on any atom is -0.382 e. The number of hydrogen-bond donors (Lipinski definition) is 1. The van der Waals surface area contributed by atoms with Crippen molar-refractivity contribution in [3.05, 3.63) is 12.4 Å². The number of ether oxygens (including phenoxy) is 1. The molecule has 0 saturated carbocycles. The minimum absolute atomic E-state index is 0.128. The summed E-state index contributed by atoms with van der Waals surface area (Å²) in [5.74, 6) is 0.837. The van der Waals surface area contributed by atoms with Gasteiger partial charge in [-0.3, -0.25) is 4.21 Å². The molecule has 0 bridgehead atoms. The van der Waals surface area contributed by atoms with Crippen LogP contribution < -0.4 is 5.32 Å². The van der Waals surface area contributed by atoms with Crippen LogP contribution in [0.4, 0.5) is 5.95 Å². The monoisotopic (exact) mass is 273 g/mol. The minimum atomic E-state index is -0.810. The summed E-state index contributed by atoms with van der Waals surface area (Å²) in [6.45, 7) is 7.05. The van der Waals surface area contributed by atoms with Crippen LogP contribution in [0.15, 0.2) is 12.4 Å². The van der Waals surface area contributed by atoms with E-state index >= 15 is 0 Å². The van der Waals surface area contributed by atoms with Gasteiger partial charge in [-0.2, -0.15) is 0 Å². The number of imidazole rings is 1. The molecule has 0 saturated heterocycles. The van der Waals surface area contributed by atoms with Crippen LogP contribution >= 0.6 is 0 Å². The average Bonchev–Trinajstić information content (AvgIpc) is 2.76. The van der Waals surface area contributed by atoms with Crippen LogP contribution in [0.3, 0.4) is 0 Å². The standard InChI is InChI=1S/C12H23N3O2S/c1-4-17-9-5-6-13-12-14-7-8-15(12)10-11(2)18(3)16/h7-8,11H,4-6,9-10H2,1-3H3,(H,13,14). The first-order valence-corrected chi connectivity index (χ1v) is 7.92. The van der Waals surface area contributed by atoms with Crippen LogP contribution in [-0.4, -0.2) is 45.0 Å². The summed E-state index contributed by atoms with van der Waals surface area (Å²) in [6.07, 6.45) is 6.36. The fraction of sp³-hybridized carbons (Fsp3) is 0.750. The molecule has 1 N–H and O–H groups in total. The van der Waals surface area contributed by atoms with E-state index in [4.69, 9.17) is 4.74 Å². The molecule has 1 aromatic rings. The molecule has 1 rings (SSSR count). The Bertz CT molecular complexity index is 368. The van der Waals surface area contributed by atoms with Crippen LogP contribution in [0.1, 0.15) is 20.3 Å². The lowest BCUT2D eigenvalue weighted by Gasteiger charge is -2.13. The Kier molecular flexibility index (Phi) is 6.97. The highest BCUT2D eigenvalue weighted by molar-refractivity contribution is 7.84. The summed E-state index contributed by atoms with van der Waals surface area (Å²) in [4.78, 5) is 4.26. The zero-order valence-corrected chi connectivity index (χ0v) is 12.2. The molecule has 18 heavy (non-hydrogen) atoms. The van der Waals surface area contributed by atoms with Gasteiger partial charge in [0.05, 0.1) is 0 Å². The molecular formula is C12H23N3O2S. The van der Waals surface area contributed by atoms with E-state index in [0.29, 0.717) is 0 Å². The third-order valence-electron chi connectivity index (χ3n) is 2.69. The number of aromatic nitrogens is 2. The molecule has 1 aromatic heterocycles. The van der Waals surface area contributed by atoms with Gasteiger partial charge < -0.3 is 14.6 Å². The molecule has 0 amide bonds. The van der Waals surface area contributed by atoms with Gasteiger partial charge >= 0.3 is 0 Å². The topological polar surface area (TPSA) is 56.1 Å². The summed E-state index contributed by atoms with van der Waals surface area (Å²) in [5, 5.41) is 3.40. The molecule has 0 aliphatic rings. The van der Waals surface area contributed by atoms with Gasteiger partial charge in [0.1, 0.15) is 0 Å². The molecule has 0 fully saturated rings. The number of rotatable bonds is 9. The lowest BCUT2D eigenvalue weighted by molar-refractivity contribution is 0.147. The fourth-order valence-electron chi connectivity index (χ4n) is 1.52. The Morgan fingerprint density at radius 1 is 1.61 bits per heavy atom. The molecule has 0 aliphatic heterocycles. The van der Waals surface area contributed by atoms with Gasteiger partial charge in [0, 0.05) is 61.0 Å². The largest absolute Gasteiger partial charge is 0.382 e. The Morgan fingerprint density at radius 3 is 3.06 bits per heavy atom.